The van der Waals surface area contributed by atoms with Gasteiger partial charge in [-0.15, -0.1) is 0 Å². The van der Waals surface area contributed by atoms with Crippen LogP contribution in [-0.4, -0.2) is 48.3 Å². The minimum atomic E-state index is 0.525. The summed E-state index contributed by atoms with van der Waals surface area (Å²) >= 11 is 0. The monoisotopic (exact) mass is 306 g/mol. The van der Waals surface area contributed by atoms with Crippen molar-refractivity contribution in [3.63, 3.8) is 0 Å². The Hall–Kier alpha value is -0.120. The average Bonchev–Trinajstić information content (AvgIpc) is 3.08. The summed E-state index contributed by atoms with van der Waals surface area (Å²) in [5, 5.41) is 3.80. The third kappa shape index (κ3) is 3.22. The first-order chi connectivity index (χ1) is 10.9. The van der Waals surface area contributed by atoms with E-state index in [1.54, 1.807) is 0 Å². The zero-order chi connectivity index (χ0) is 14.8. The SMILES string of the molecule is C1CCC(O[C@@H]2CCCC[C@H]2N2CCN[C@@H]3CCCC[C@@H]32)C1. The summed E-state index contributed by atoms with van der Waals surface area (Å²) in [5.41, 5.74) is 0. The van der Waals surface area contributed by atoms with Gasteiger partial charge >= 0.3 is 0 Å². The molecule has 4 fully saturated rings. The molecule has 0 bridgehead atoms. The van der Waals surface area contributed by atoms with Crippen LogP contribution in [0.25, 0.3) is 0 Å². The standard InChI is InChI=1S/C19H34N2O/c1-2-8-15(7-1)22-19-12-6-5-11-18(19)21-14-13-20-16-9-3-4-10-17(16)21/h15-20H,1-14H2/t16-,17+,18-,19-/m1/s1. The number of hydrogen-bond acceptors (Lipinski definition) is 3. The molecule has 0 aromatic heterocycles. The Bertz CT molecular complexity index is 353. The molecule has 0 amide bonds. The summed E-state index contributed by atoms with van der Waals surface area (Å²) in [7, 11) is 0. The number of nitrogens with one attached hydrogen (secondary N) is 1. The molecule has 0 aromatic rings. The van der Waals surface area contributed by atoms with Gasteiger partial charge in [0, 0.05) is 31.2 Å². The maximum atomic E-state index is 6.64. The Balaban J connectivity index is 1.45. The summed E-state index contributed by atoms with van der Waals surface area (Å²) in [5.74, 6) is 0. The largest absolute Gasteiger partial charge is 0.373 e. The second kappa shape index (κ2) is 7.19. The summed E-state index contributed by atoms with van der Waals surface area (Å²) in [6.45, 7) is 2.43. The molecule has 1 aliphatic heterocycles. The predicted octanol–water partition coefficient (Wildman–Crippen LogP) is 3.47. The molecule has 0 spiro atoms. The average molecular weight is 306 g/mol. The Kier molecular flexibility index (Phi) is 5.04. The number of hydrogen-bond donors (Lipinski definition) is 1. The highest BCUT2D eigenvalue weighted by atomic mass is 16.5. The fourth-order valence-corrected chi connectivity index (χ4v) is 5.59. The molecule has 3 saturated carbocycles. The third-order valence-corrected chi connectivity index (χ3v) is 6.70. The van der Waals surface area contributed by atoms with E-state index in [-0.39, 0.29) is 0 Å². The number of rotatable bonds is 3. The van der Waals surface area contributed by atoms with Crippen LogP contribution in [0.5, 0.6) is 0 Å². The fraction of sp³-hybridized carbons (Fsp3) is 1.00. The molecule has 0 aromatic carbocycles. The van der Waals surface area contributed by atoms with Gasteiger partial charge in [0.15, 0.2) is 0 Å². The van der Waals surface area contributed by atoms with Crippen molar-refractivity contribution < 1.29 is 4.74 Å². The first-order valence-electron chi connectivity index (χ1n) is 10.1. The van der Waals surface area contributed by atoms with Crippen molar-refractivity contribution in [2.24, 2.45) is 0 Å². The van der Waals surface area contributed by atoms with Gasteiger partial charge in [-0.1, -0.05) is 38.5 Å². The van der Waals surface area contributed by atoms with Gasteiger partial charge in [0.25, 0.3) is 0 Å². The molecule has 22 heavy (non-hydrogen) atoms. The van der Waals surface area contributed by atoms with E-state index in [0.29, 0.717) is 18.2 Å². The number of ether oxygens (including phenoxy) is 1. The molecule has 3 heteroatoms. The maximum absolute atomic E-state index is 6.64. The van der Waals surface area contributed by atoms with Crippen molar-refractivity contribution >= 4 is 0 Å². The lowest BCUT2D eigenvalue weighted by atomic mass is 9.83. The van der Waals surface area contributed by atoms with Gasteiger partial charge < -0.3 is 10.1 Å². The van der Waals surface area contributed by atoms with Crippen molar-refractivity contribution in [1.29, 1.82) is 0 Å². The quantitative estimate of drug-likeness (QED) is 0.864. The molecule has 4 aliphatic rings. The molecule has 1 N–H and O–H groups in total. The van der Waals surface area contributed by atoms with Crippen LogP contribution in [0.1, 0.15) is 77.0 Å². The van der Waals surface area contributed by atoms with Crippen LogP contribution >= 0.6 is 0 Å². The van der Waals surface area contributed by atoms with Gasteiger partial charge in [0.1, 0.15) is 0 Å². The molecule has 0 radical (unpaired) electrons. The Morgan fingerprint density at radius 3 is 2.27 bits per heavy atom. The molecule has 126 valence electrons. The van der Waals surface area contributed by atoms with Crippen LogP contribution in [0, 0.1) is 0 Å². The maximum Gasteiger partial charge on any atom is 0.0734 e. The van der Waals surface area contributed by atoms with Crippen molar-refractivity contribution in [2.45, 2.75) is 107 Å². The minimum Gasteiger partial charge on any atom is -0.373 e. The lowest BCUT2D eigenvalue weighted by molar-refractivity contribution is -0.0931. The summed E-state index contributed by atoms with van der Waals surface area (Å²) in [6, 6.07) is 2.26. The smallest absolute Gasteiger partial charge is 0.0734 e. The van der Waals surface area contributed by atoms with Crippen LogP contribution in [0.2, 0.25) is 0 Å². The normalized spacial score (nSPS) is 41.5. The zero-order valence-electron chi connectivity index (χ0n) is 14.1. The lowest BCUT2D eigenvalue weighted by Gasteiger charge is -2.51. The fourth-order valence-electron chi connectivity index (χ4n) is 5.59. The zero-order valence-corrected chi connectivity index (χ0v) is 14.1. The van der Waals surface area contributed by atoms with Crippen molar-refractivity contribution in [3.8, 4) is 0 Å². The van der Waals surface area contributed by atoms with Gasteiger partial charge in [0.2, 0.25) is 0 Å². The first-order valence-corrected chi connectivity index (χ1v) is 10.1. The van der Waals surface area contributed by atoms with Gasteiger partial charge in [-0.2, -0.15) is 0 Å². The van der Waals surface area contributed by atoms with Gasteiger partial charge in [0.05, 0.1) is 12.2 Å². The van der Waals surface area contributed by atoms with E-state index in [4.69, 9.17) is 4.74 Å². The van der Waals surface area contributed by atoms with Crippen LogP contribution < -0.4 is 5.32 Å². The highest BCUT2D eigenvalue weighted by molar-refractivity contribution is 4.97. The molecule has 0 unspecified atom stereocenters. The van der Waals surface area contributed by atoms with Crippen LogP contribution in [0.15, 0.2) is 0 Å². The van der Waals surface area contributed by atoms with E-state index in [0.717, 1.165) is 12.1 Å². The topological polar surface area (TPSA) is 24.5 Å². The number of nitrogens with zero attached hydrogens (tertiary/aromatic N) is 1. The molecule has 3 nitrogen and oxygen atoms in total. The van der Waals surface area contributed by atoms with Crippen LogP contribution in [0.3, 0.4) is 0 Å². The first kappa shape index (κ1) is 15.4. The molecule has 4 rings (SSSR count). The molecule has 3 aliphatic carbocycles. The molecular formula is C19H34N2O. The second-order valence-electron chi connectivity index (χ2n) is 8.08. The molecule has 4 atom stereocenters. The number of fused-ring (bicyclic) bond motifs is 1. The molecule has 1 saturated heterocycles. The molecule has 1 heterocycles. The Morgan fingerprint density at radius 1 is 0.727 bits per heavy atom. The van der Waals surface area contributed by atoms with Crippen molar-refractivity contribution in [3.05, 3.63) is 0 Å². The summed E-state index contributed by atoms with van der Waals surface area (Å²) in [6.07, 6.45) is 17.6. The molecular weight excluding hydrogens is 272 g/mol. The van der Waals surface area contributed by atoms with E-state index in [1.807, 2.05) is 0 Å². The van der Waals surface area contributed by atoms with Gasteiger partial charge in [-0.25, -0.2) is 0 Å². The number of piperazine rings is 1. The highest BCUT2D eigenvalue weighted by Crippen LogP contribution is 2.35. The van der Waals surface area contributed by atoms with E-state index in [1.165, 1.54) is 90.1 Å². The Labute approximate surface area is 136 Å². The van der Waals surface area contributed by atoms with Crippen molar-refractivity contribution in [2.75, 3.05) is 13.1 Å². The minimum absolute atomic E-state index is 0.525. The Morgan fingerprint density at radius 2 is 1.41 bits per heavy atom. The second-order valence-corrected chi connectivity index (χ2v) is 8.08. The summed E-state index contributed by atoms with van der Waals surface area (Å²) < 4.78 is 6.64. The van der Waals surface area contributed by atoms with Crippen LogP contribution in [-0.2, 0) is 4.74 Å². The van der Waals surface area contributed by atoms with E-state index >= 15 is 0 Å². The van der Waals surface area contributed by atoms with E-state index in [9.17, 15) is 0 Å². The summed E-state index contributed by atoms with van der Waals surface area (Å²) in [4.78, 5) is 2.89. The van der Waals surface area contributed by atoms with E-state index < -0.39 is 0 Å². The van der Waals surface area contributed by atoms with E-state index in [2.05, 4.69) is 10.2 Å². The lowest BCUT2D eigenvalue weighted by Crippen LogP contribution is -2.64. The van der Waals surface area contributed by atoms with Crippen molar-refractivity contribution in [1.82, 2.24) is 10.2 Å². The highest BCUT2D eigenvalue weighted by Gasteiger charge is 2.41. The van der Waals surface area contributed by atoms with Gasteiger partial charge in [-0.3, -0.25) is 4.90 Å². The predicted molar refractivity (Wildman–Crippen MR) is 90.1 cm³/mol. The van der Waals surface area contributed by atoms with Crippen LogP contribution in [0.4, 0.5) is 0 Å². The third-order valence-electron chi connectivity index (χ3n) is 6.70. The van der Waals surface area contributed by atoms with Gasteiger partial charge in [-0.05, 0) is 38.5 Å².